The molecule has 19 heavy (non-hydrogen) atoms. The molecule has 0 bridgehead atoms. The first kappa shape index (κ1) is 14.7. The monoisotopic (exact) mass is 327 g/mol. The fourth-order valence-corrected chi connectivity index (χ4v) is 3.16. The van der Waals surface area contributed by atoms with E-state index in [9.17, 15) is 4.79 Å². The number of hydrogen-bond donors (Lipinski definition) is 1. The van der Waals surface area contributed by atoms with Gasteiger partial charge in [0.2, 0.25) is 0 Å². The van der Waals surface area contributed by atoms with Gasteiger partial charge in [-0.15, -0.1) is 0 Å². The molecule has 1 saturated heterocycles. The highest BCUT2D eigenvalue weighted by molar-refractivity contribution is 9.10. The van der Waals surface area contributed by atoms with Crippen molar-refractivity contribution in [3.05, 3.63) is 16.4 Å². The van der Waals surface area contributed by atoms with E-state index in [4.69, 9.17) is 0 Å². The molecule has 0 aliphatic carbocycles. The highest BCUT2D eigenvalue weighted by atomic mass is 79.9. The Hall–Kier alpha value is -0.680. The van der Waals surface area contributed by atoms with Gasteiger partial charge in [-0.25, -0.2) is 0 Å². The zero-order valence-electron chi connectivity index (χ0n) is 11.5. The van der Waals surface area contributed by atoms with Crippen LogP contribution in [0, 0.1) is 5.92 Å². The summed E-state index contributed by atoms with van der Waals surface area (Å²) in [7, 11) is 0. The number of carbonyl (C=O) groups excluding carboxylic acids is 1. The number of nitrogens with zero attached hydrogens (tertiary/aromatic N) is 2. The summed E-state index contributed by atoms with van der Waals surface area (Å²) in [5.41, 5.74) is 0.746. The first-order valence-corrected chi connectivity index (χ1v) is 7.97. The average Bonchev–Trinajstić information content (AvgIpc) is 2.79. The molecule has 0 atom stereocenters. The Bertz CT molecular complexity index is 424. The van der Waals surface area contributed by atoms with E-state index in [-0.39, 0.29) is 5.78 Å². The topological polar surface area (TPSA) is 46.9 Å². The molecule has 0 saturated carbocycles. The molecule has 0 amide bonds. The van der Waals surface area contributed by atoms with Crippen LogP contribution in [0.2, 0.25) is 0 Å². The second-order valence-electron chi connectivity index (χ2n) is 5.22. The molecule has 1 aromatic rings. The first-order valence-electron chi connectivity index (χ1n) is 7.17. The van der Waals surface area contributed by atoms with Crippen LogP contribution in [0.1, 0.15) is 49.5 Å². The Balaban J connectivity index is 1.93. The van der Waals surface area contributed by atoms with Gasteiger partial charge >= 0.3 is 0 Å². The molecule has 1 fully saturated rings. The lowest BCUT2D eigenvalue weighted by Crippen LogP contribution is -2.28. The Labute approximate surface area is 123 Å². The SMILES string of the molecule is CCCn1ncc(Br)c1C(=O)CCC1CCNCC1. The molecule has 0 aromatic carbocycles. The van der Waals surface area contributed by atoms with Crippen LogP contribution in [0.5, 0.6) is 0 Å². The summed E-state index contributed by atoms with van der Waals surface area (Å²) < 4.78 is 2.66. The van der Waals surface area contributed by atoms with E-state index in [2.05, 4.69) is 33.3 Å². The lowest BCUT2D eigenvalue weighted by atomic mass is 9.92. The van der Waals surface area contributed by atoms with Crippen molar-refractivity contribution < 1.29 is 4.79 Å². The number of aromatic nitrogens is 2. The smallest absolute Gasteiger partial charge is 0.182 e. The quantitative estimate of drug-likeness (QED) is 0.817. The van der Waals surface area contributed by atoms with Crippen molar-refractivity contribution in [1.29, 1.82) is 0 Å². The third-order valence-corrected chi connectivity index (χ3v) is 4.31. The summed E-state index contributed by atoms with van der Waals surface area (Å²) in [6.45, 7) is 5.09. The molecule has 4 nitrogen and oxygen atoms in total. The maximum Gasteiger partial charge on any atom is 0.182 e. The van der Waals surface area contributed by atoms with Crippen LogP contribution in [0.25, 0.3) is 0 Å². The molecule has 1 N–H and O–H groups in total. The summed E-state index contributed by atoms with van der Waals surface area (Å²) in [4.78, 5) is 12.4. The highest BCUT2D eigenvalue weighted by Gasteiger charge is 2.19. The van der Waals surface area contributed by atoms with E-state index in [1.165, 1.54) is 12.8 Å². The van der Waals surface area contributed by atoms with Crippen LogP contribution in [-0.2, 0) is 6.54 Å². The molecule has 1 aliphatic heterocycles. The van der Waals surface area contributed by atoms with Crippen molar-refractivity contribution in [2.45, 2.75) is 45.6 Å². The summed E-state index contributed by atoms with van der Waals surface area (Å²) in [6.07, 6.45) is 6.75. The van der Waals surface area contributed by atoms with Crippen LogP contribution < -0.4 is 5.32 Å². The predicted molar refractivity (Wildman–Crippen MR) is 79.4 cm³/mol. The molecule has 5 heteroatoms. The number of nitrogens with one attached hydrogen (secondary N) is 1. The lowest BCUT2D eigenvalue weighted by Gasteiger charge is -2.22. The first-order chi connectivity index (χ1) is 9.22. The molecule has 0 unspecified atom stereocenters. The number of ketones is 1. The van der Waals surface area contributed by atoms with Crippen molar-refractivity contribution in [3.8, 4) is 0 Å². The minimum Gasteiger partial charge on any atom is -0.317 e. The maximum atomic E-state index is 12.4. The van der Waals surface area contributed by atoms with Gasteiger partial charge in [0.1, 0.15) is 5.69 Å². The number of hydrogen-bond acceptors (Lipinski definition) is 3. The van der Waals surface area contributed by atoms with E-state index >= 15 is 0 Å². The van der Waals surface area contributed by atoms with Crippen LogP contribution in [-0.4, -0.2) is 28.7 Å². The fraction of sp³-hybridized carbons (Fsp3) is 0.714. The summed E-state index contributed by atoms with van der Waals surface area (Å²) in [5, 5.41) is 7.62. The van der Waals surface area contributed by atoms with Gasteiger partial charge in [0, 0.05) is 13.0 Å². The number of aryl methyl sites for hydroxylation is 1. The van der Waals surface area contributed by atoms with Crippen molar-refractivity contribution in [2.75, 3.05) is 13.1 Å². The standard InChI is InChI=1S/C14H22BrN3O/c1-2-9-18-14(12(15)10-17-18)13(19)4-3-11-5-7-16-8-6-11/h10-11,16H,2-9H2,1H3. The fourth-order valence-electron chi connectivity index (χ4n) is 2.65. The summed E-state index contributed by atoms with van der Waals surface area (Å²) in [5.74, 6) is 0.919. The number of carbonyl (C=O) groups is 1. The van der Waals surface area contributed by atoms with Gasteiger partial charge in [-0.05, 0) is 60.6 Å². The minimum atomic E-state index is 0.219. The Morgan fingerprint density at radius 1 is 1.53 bits per heavy atom. The van der Waals surface area contributed by atoms with E-state index in [0.717, 1.165) is 42.6 Å². The van der Waals surface area contributed by atoms with E-state index in [0.29, 0.717) is 12.3 Å². The van der Waals surface area contributed by atoms with Gasteiger partial charge in [0.05, 0.1) is 10.7 Å². The Kier molecular flexibility index (Phi) is 5.58. The second-order valence-corrected chi connectivity index (χ2v) is 6.07. The average molecular weight is 328 g/mol. The summed E-state index contributed by atoms with van der Waals surface area (Å²) in [6, 6.07) is 0. The predicted octanol–water partition coefficient (Wildman–Crippen LogP) is 3.02. The number of piperidine rings is 1. The van der Waals surface area contributed by atoms with Crippen molar-refractivity contribution >= 4 is 21.7 Å². The van der Waals surface area contributed by atoms with Gasteiger partial charge in [0.15, 0.2) is 5.78 Å². The maximum absolute atomic E-state index is 12.4. The van der Waals surface area contributed by atoms with E-state index in [1.54, 1.807) is 6.20 Å². The number of halogens is 1. The van der Waals surface area contributed by atoms with Crippen molar-refractivity contribution in [2.24, 2.45) is 5.92 Å². The van der Waals surface area contributed by atoms with Crippen LogP contribution in [0.4, 0.5) is 0 Å². The molecule has 1 aromatic heterocycles. The van der Waals surface area contributed by atoms with Crippen molar-refractivity contribution in [3.63, 3.8) is 0 Å². The van der Waals surface area contributed by atoms with Gasteiger partial charge in [0.25, 0.3) is 0 Å². The lowest BCUT2D eigenvalue weighted by molar-refractivity contribution is 0.0959. The van der Waals surface area contributed by atoms with Gasteiger partial charge < -0.3 is 5.32 Å². The largest absolute Gasteiger partial charge is 0.317 e. The van der Waals surface area contributed by atoms with Gasteiger partial charge in [-0.1, -0.05) is 6.92 Å². The van der Waals surface area contributed by atoms with Crippen LogP contribution in [0.3, 0.4) is 0 Å². The third kappa shape index (κ3) is 3.89. The molecule has 2 heterocycles. The highest BCUT2D eigenvalue weighted by Crippen LogP contribution is 2.22. The van der Waals surface area contributed by atoms with Crippen LogP contribution in [0.15, 0.2) is 10.7 Å². The molecular formula is C14H22BrN3O. The van der Waals surface area contributed by atoms with E-state index in [1.807, 2.05) is 4.68 Å². The molecular weight excluding hydrogens is 306 g/mol. The van der Waals surface area contributed by atoms with Gasteiger partial charge in [-0.3, -0.25) is 9.48 Å². The van der Waals surface area contributed by atoms with Crippen molar-refractivity contribution in [1.82, 2.24) is 15.1 Å². The molecule has 0 radical (unpaired) electrons. The minimum absolute atomic E-state index is 0.219. The Morgan fingerprint density at radius 3 is 2.95 bits per heavy atom. The Morgan fingerprint density at radius 2 is 2.26 bits per heavy atom. The third-order valence-electron chi connectivity index (χ3n) is 3.73. The van der Waals surface area contributed by atoms with E-state index < -0.39 is 0 Å². The van der Waals surface area contributed by atoms with Crippen LogP contribution >= 0.6 is 15.9 Å². The molecule has 0 spiro atoms. The number of rotatable bonds is 6. The summed E-state index contributed by atoms with van der Waals surface area (Å²) >= 11 is 3.44. The molecule has 106 valence electrons. The zero-order chi connectivity index (χ0) is 13.7. The molecule has 2 rings (SSSR count). The number of Topliss-reactive ketones (excluding diaryl/α,β-unsaturated/α-hetero) is 1. The zero-order valence-corrected chi connectivity index (χ0v) is 13.1. The molecule has 1 aliphatic rings. The second kappa shape index (κ2) is 7.20. The normalized spacial score (nSPS) is 16.7. The van der Waals surface area contributed by atoms with Gasteiger partial charge in [-0.2, -0.15) is 5.10 Å².